The predicted molar refractivity (Wildman–Crippen MR) is 68.3 cm³/mol. The van der Waals surface area contributed by atoms with Gasteiger partial charge in [0.25, 0.3) is 0 Å². The molecule has 1 aliphatic carbocycles. The van der Waals surface area contributed by atoms with Gasteiger partial charge in [0.2, 0.25) is 0 Å². The molecule has 0 amide bonds. The molecule has 0 saturated carbocycles. The molecule has 0 atom stereocenters. The van der Waals surface area contributed by atoms with Gasteiger partial charge in [-0.25, -0.2) is 0 Å². The number of aromatic nitrogens is 1. The maximum absolute atomic E-state index is 5.73. The molecule has 1 aliphatic rings. The van der Waals surface area contributed by atoms with E-state index >= 15 is 0 Å². The summed E-state index contributed by atoms with van der Waals surface area (Å²) in [5, 5.41) is 0. The van der Waals surface area contributed by atoms with Crippen molar-refractivity contribution in [2.45, 2.75) is 6.42 Å². The van der Waals surface area contributed by atoms with Gasteiger partial charge in [-0.2, -0.15) is 0 Å². The number of allylic oxidation sites excluding steroid dienone is 3. The smallest absolute Gasteiger partial charge is 0.145 e. The van der Waals surface area contributed by atoms with E-state index in [1.54, 1.807) is 18.5 Å². The Morgan fingerprint density at radius 2 is 2.12 bits per heavy atom. The number of anilines is 1. The summed E-state index contributed by atoms with van der Waals surface area (Å²) in [6, 6.07) is 1.75. The third kappa shape index (κ3) is 3.11. The Hall–Kier alpha value is -2.23. The van der Waals surface area contributed by atoms with Crippen molar-refractivity contribution >= 4 is 5.69 Å². The minimum absolute atomic E-state index is 0.478. The van der Waals surface area contributed by atoms with Crippen LogP contribution in [0.3, 0.4) is 0 Å². The van der Waals surface area contributed by atoms with Crippen molar-refractivity contribution in [3.8, 4) is 5.75 Å². The summed E-state index contributed by atoms with van der Waals surface area (Å²) < 4.78 is 5.62. The Morgan fingerprint density at radius 3 is 2.94 bits per heavy atom. The fourth-order valence-corrected chi connectivity index (χ4v) is 1.48. The number of nitrogen functional groups attached to an aromatic ring is 1. The highest BCUT2D eigenvalue weighted by Crippen LogP contribution is 2.19. The van der Waals surface area contributed by atoms with E-state index in [1.807, 2.05) is 18.2 Å². The Bertz CT molecular complexity index is 489. The molecular weight excluding hydrogens is 214 g/mol. The summed E-state index contributed by atoms with van der Waals surface area (Å²) in [4.78, 5) is 3.91. The van der Waals surface area contributed by atoms with E-state index in [1.165, 1.54) is 0 Å². The fraction of sp³-hybridized carbons (Fsp3) is 0.154. The average molecular weight is 229 g/mol. The normalized spacial score (nSPS) is 14.8. The summed E-state index contributed by atoms with van der Waals surface area (Å²) in [5.74, 6) is 0.652. The van der Waals surface area contributed by atoms with Gasteiger partial charge in [0.05, 0.1) is 11.9 Å². The zero-order chi connectivity index (χ0) is 12.1. The molecule has 0 radical (unpaired) electrons. The molecule has 0 spiro atoms. The molecule has 4 heteroatoms. The van der Waals surface area contributed by atoms with Gasteiger partial charge in [-0.1, -0.05) is 18.2 Å². The topological polar surface area (TPSA) is 74.2 Å². The molecule has 0 unspecified atom stereocenters. The standard InChI is InChI=1S/C13H15N3O/c14-11-3-1-2-10(4-5-11)9-17-13-6-7-16-8-12(13)15/h2-8H,1,9,14-15H2. The molecule has 88 valence electrons. The lowest BCUT2D eigenvalue weighted by atomic mass is 10.2. The highest BCUT2D eigenvalue weighted by Gasteiger charge is 2.01. The zero-order valence-corrected chi connectivity index (χ0v) is 9.47. The lowest BCUT2D eigenvalue weighted by Crippen LogP contribution is -2.02. The number of rotatable bonds is 3. The predicted octanol–water partition coefficient (Wildman–Crippen LogP) is 1.77. The van der Waals surface area contributed by atoms with Gasteiger partial charge in [-0.05, 0) is 18.1 Å². The first-order valence-corrected chi connectivity index (χ1v) is 5.41. The monoisotopic (exact) mass is 229 g/mol. The van der Waals surface area contributed by atoms with Gasteiger partial charge in [-0.15, -0.1) is 0 Å². The molecule has 0 fully saturated rings. The first-order valence-electron chi connectivity index (χ1n) is 5.41. The second-order valence-electron chi connectivity index (χ2n) is 3.75. The van der Waals surface area contributed by atoms with E-state index in [-0.39, 0.29) is 0 Å². The van der Waals surface area contributed by atoms with Gasteiger partial charge in [0.15, 0.2) is 0 Å². The van der Waals surface area contributed by atoms with E-state index in [4.69, 9.17) is 16.2 Å². The molecule has 17 heavy (non-hydrogen) atoms. The van der Waals surface area contributed by atoms with Crippen LogP contribution in [0.5, 0.6) is 5.75 Å². The van der Waals surface area contributed by atoms with Gasteiger partial charge in [0, 0.05) is 18.0 Å². The molecule has 4 nitrogen and oxygen atoms in total. The van der Waals surface area contributed by atoms with Crippen LogP contribution in [0.1, 0.15) is 6.42 Å². The number of hydrogen-bond acceptors (Lipinski definition) is 4. The van der Waals surface area contributed by atoms with E-state index in [2.05, 4.69) is 11.1 Å². The Balaban J connectivity index is 1.98. The highest BCUT2D eigenvalue weighted by atomic mass is 16.5. The van der Waals surface area contributed by atoms with Crippen molar-refractivity contribution < 1.29 is 4.74 Å². The molecule has 0 saturated heterocycles. The van der Waals surface area contributed by atoms with Crippen LogP contribution in [0.15, 0.2) is 54.0 Å². The third-order valence-corrected chi connectivity index (χ3v) is 2.43. The van der Waals surface area contributed by atoms with Crippen LogP contribution in [0, 0.1) is 0 Å². The van der Waals surface area contributed by atoms with Crippen LogP contribution in [0.25, 0.3) is 0 Å². The minimum Gasteiger partial charge on any atom is -0.487 e. The largest absolute Gasteiger partial charge is 0.487 e. The second-order valence-corrected chi connectivity index (χ2v) is 3.75. The quantitative estimate of drug-likeness (QED) is 0.828. The van der Waals surface area contributed by atoms with Crippen molar-refractivity contribution in [2.24, 2.45) is 5.73 Å². The summed E-state index contributed by atoms with van der Waals surface area (Å²) in [5.41, 5.74) is 13.8. The summed E-state index contributed by atoms with van der Waals surface area (Å²) in [6.45, 7) is 0.478. The number of ether oxygens (including phenoxy) is 1. The van der Waals surface area contributed by atoms with Gasteiger partial charge in [0.1, 0.15) is 12.4 Å². The van der Waals surface area contributed by atoms with E-state index in [9.17, 15) is 0 Å². The van der Waals surface area contributed by atoms with Crippen LogP contribution >= 0.6 is 0 Å². The molecule has 0 aromatic carbocycles. The first-order chi connectivity index (χ1) is 8.25. The van der Waals surface area contributed by atoms with E-state index in [0.717, 1.165) is 17.7 Å². The van der Waals surface area contributed by atoms with Crippen molar-refractivity contribution in [1.82, 2.24) is 4.98 Å². The van der Waals surface area contributed by atoms with Crippen LogP contribution < -0.4 is 16.2 Å². The van der Waals surface area contributed by atoms with Crippen molar-refractivity contribution in [2.75, 3.05) is 12.3 Å². The molecule has 1 aromatic rings. The van der Waals surface area contributed by atoms with Crippen molar-refractivity contribution in [1.29, 1.82) is 0 Å². The van der Waals surface area contributed by atoms with Gasteiger partial charge >= 0.3 is 0 Å². The maximum atomic E-state index is 5.73. The lowest BCUT2D eigenvalue weighted by molar-refractivity contribution is 0.357. The van der Waals surface area contributed by atoms with Gasteiger partial charge < -0.3 is 16.2 Å². The fourth-order valence-electron chi connectivity index (χ4n) is 1.48. The SMILES string of the molecule is NC1=CCC=C(COc2ccncc2N)C=C1. The second kappa shape index (κ2) is 5.21. The number of nitrogens with two attached hydrogens (primary N) is 2. The maximum Gasteiger partial charge on any atom is 0.145 e. The van der Waals surface area contributed by atoms with Crippen LogP contribution in [0.2, 0.25) is 0 Å². The van der Waals surface area contributed by atoms with E-state index < -0.39 is 0 Å². The molecule has 1 aromatic heterocycles. The molecule has 4 N–H and O–H groups in total. The summed E-state index contributed by atoms with van der Waals surface area (Å²) >= 11 is 0. The van der Waals surface area contributed by atoms with Gasteiger partial charge in [-0.3, -0.25) is 4.98 Å². The molecular formula is C13H15N3O. The minimum atomic E-state index is 0.478. The zero-order valence-electron chi connectivity index (χ0n) is 9.47. The number of hydrogen-bond donors (Lipinski definition) is 2. The Kier molecular flexibility index (Phi) is 3.45. The molecule has 1 heterocycles. The third-order valence-electron chi connectivity index (χ3n) is 2.43. The lowest BCUT2D eigenvalue weighted by Gasteiger charge is -2.08. The summed E-state index contributed by atoms with van der Waals surface area (Å²) in [7, 11) is 0. The number of pyridine rings is 1. The van der Waals surface area contributed by atoms with Crippen molar-refractivity contribution in [3.63, 3.8) is 0 Å². The van der Waals surface area contributed by atoms with Crippen LogP contribution in [0.4, 0.5) is 5.69 Å². The van der Waals surface area contributed by atoms with E-state index in [0.29, 0.717) is 18.0 Å². The molecule has 0 aliphatic heterocycles. The number of nitrogens with zero attached hydrogens (tertiary/aromatic N) is 1. The molecule has 2 rings (SSSR count). The highest BCUT2D eigenvalue weighted by molar-refractivity contribution is 5.49. The Morgan fingerprint density at radius 1 is 1.24 bits per heavy atom. The van der Waals surface area contributed by atoms with Crippen LogP contribution in [-0.4, -0.2) is 11.6 Å². The van der Waals surface area contributed by atoms with Crippen molar-refractivity contribution in [3.05, 3.63) is 54.0 Å². The first kappa shape index (κ1) is 11.3. The summed E-state index contributed by atoms with van der Waals surface area (Å²) in [6.07, 6.45) is 11.9. The molecule has 0 bridgehead atoms. The average Bonchev–Trinajstić information content (AvgIpc) is 2.53. The van der Waals surface area contributed by atoms with Crippen LogP contribution in [-0.2, 0) is 0 Å². The Labute approximate surface area is 100 Å².